The molecule has 1 aliphatic heterocycles. The molecule has 49 heavy (non-hydrogen) atoms. The van der Waals surface area contributed by atoms with E-state index in [0.29, 0.717) is 19.5 Å². The molecule has 2 N–H and O–H groups in total. The predicted octanol–water partition coefficient (Wildman–Crippen LogP) is 1.22. The lowest BCUT2D eigenvalue weighted by atomic mass is 9.42. The molecule has 1 aromatic carbocycles. The molecular formula is C36H49NO12. The van der Waals surface area contributed by atoms with Gasteiger partial charge in [-0.25, -0.2) is 4.79 Å². The van der Waals surface area contributed by atoms with Gasteiger partial charge in [-0.1, -0.05) is 25.1 Å². The maximum atomic E-state index is 13.8. The third-order valence-electron chi connectivity index (χ3n) is 13.4. The van der Waals surface area contributed by atoms with Crippen LogP contribution in [0.1, 0.15) is 44.0 Å². The lowest BCUT2D eigenvalue weighted by Gasteiger charge is -2.70. The van der Waals surface area contributed by atoms with E-state index in [1.54, 1.807) is 51.7 Å². The van der Waals surface area contributed by atoms with Gasteiger partial charge in [0.15, 0.2) is 5.60 Å². The second-order valence-corrected chi connectivity index (χ2v) is 15.0. The Balaban J connectivity index is 1.53. The van der Waals surface area contributed by atoms with Crippen molar-refractivity contribution in [1.29, 1.82) is 0 Å². The summed E-state index contributed by atoms with van der Waals surface area (Å²) in [5.41, 5.74) is -4.92. The maximum Gasteiger partial charge on any atom is 0.338 e. The molecule has 270 valence electrons. The van der Waals surface area contributed by atoms with E-state index in [0.717, 1.165) is 0 Å². The summed E-state index contributed by atoms with van der Waals surface area (Å²) in [4.78, 5) is 42.2. The number of esters is 3. The van der Waals surface area contributed by atoms with Crippen LogP contribution in [0, 0.1) is 34.5 Å². The molecule has 6 aliphatic rings. The highest BCUT2D eigenvalue weighted by Gasteiger charge is 2.92. The van der Waals surface area contributed by atoms with Crippen molar-refractivity contribution in [3.05, 3.63) is 35.9 Å². The van der Waals surface area contributed by atoms with Crippen molar-refractivity contribution in [2.45, 2.75) is 87.5 Å². The van der Waals surface area contributed by atoms with Gasteiger partial charge in [0.25, 0.3) is 0 Å². The van der Waals surface area contributed by atoms with Crippen LogP contribution < -0.4 is 0 Å². The summed E-state index contributed by atoms with van der Waals surface area (Å²) < 4.78 is 43.9. The van der Waals surface area contributed by atoms with Crippen LogP contribution in [0.4, 0.5) is 0 Å². The van der Waals surface area contributed by atoms with Crippen LogP contribution >= 0.6 is 0 Å². The molecule has 5 saturated carbocycles. The number of fused-ring (bicyclic) bond motifs is 2. The number of hydrogen-bond donors (Lipinski definition) is 2. The average Bonchev–Trinajstić information content (AvgIpc) is 3.44. The molecule has 6 fully saturated rings. The topological polar surface area (TPSA) is 160 Å². The maximum absolute atomic E-state index is 13.8. The number of ether oxygens (including phenoxy) is 7. The highest BCUT2D eigenvalue weighted by molar-refractivity contribution is 5.89. The fourth-order valence-electron chi connectivity index (χ4n) is 12.7. The van der Waals surface area contributed by atoms with Crippen LogP contribution in [0.25, 0.3) is 0 Å². The summed E-state index contributed by atoms with van der Waals surface area (Å²) in [5.74, 6) is -4.24. The zero-order valence-electron chi connectivity index (χ0n) is 29.2. The Morgan fingerprint density at radius 2 is 1.63 bits per heavy atom. The quantitative estimate of drug-likeness (QED) is 0.267. The molecule has 7 rings (SSSR count). The Hall–Kier alpha value is -2.65. The van der Waals surface area contributed by atoms with Crippen LogP contribution in [0.15, 0.2) is 30.3 Å². The van der Waals surface area contributed by atoms with Crippen LogP contribution in [0.5, 0.6) is 0 Å². The van der Waals surface area contributed by atoms with Crippen LogP contribution in [0.3, 0.4) is 0 Å². The van der Waals surface area contributed by atoms with Crippen molar-refractivity contribution >= 4 is 17.9 Å². The molecule has 7 bridgehead atoms. The summed E-state index contributed by atoms with van der Waals surface area (Å²) in [6.45, 7) is 5.99. The van der Waals surface area contributed by atoms with E-state index in [4.69, 9.17) is 33.2 Å². The largest absolute Gasteiger partial charge is 0.462 e. The molecular weight excluding hydrogens is 638 g/mol. The first kappa shape index (κ1) is 34.8. The molecule has 15 atom stereocenters. The third-order valence-corrected chi connectivity index (χ3v) is 13.4. The lowest BCUT2D eigenvalue weighted by molar-refractivity contribution is -0.322. The summed E-state index contributed by atoms with van der Waals surface area (Å²) in [5, 5.41) is 25.5. The summed E-state index contributed by atoms with van der Waals surface area (Å²) in [6.07, 6.45) is -5.45. The molecule has 0 amide bonds. The number of methoxy groups -OCH3 is 4. The van der Waals surface area contributed by atoms with Gasteiger partial charge >= 0.3 is 17.9 Å². The van der Waals surface area contributed by atoms with Crippen molar-refractivity contribution in [2.24, 2.45) is 34.5 Å². The highest BCUT2D eigenvalue weighted by Crippen LogP contribution is 2.80. The number of carbonyl (C=O) groups excluding carboxylic acids is 3. The van der Waals surface area contributed by atoms with E-state index in [1.807, 2.05) is 6.92 Å². The smallest absolute Gasteiger partial charge is 0.338 e. The molecule has 1 spiro atoms. The second kappa shape index (κ2) is 12.0. The van der Waals surface area contributed by atoms with E-state index in [9.17, 15) is 24.6 Å². The van der Waals surface area contributed by atoms with Gasteiger partial charge in [-0.2, -0.15) is 0 Å². The minimum atomic E-state index is -1.86. The lowest BCUT2D eigenvalue weighted by Crippen LogP contribution is -2.81. The SMILES string of the molecule is CCN1C[C@@]2(COC)[C@H]3[C@@H](OC)[C@@H]4[C@@H]1[C@@]3([C@@H](OC)C[C@H]2OC(C)=O)[C@@H]1C[C@@]2(O)[C@@H](OC(=O)c3ccccc3)[C@@H]1[C@@]4(OC(C)=O)[C@@H](O)[C@@H]2OC. The highest BCUT2D eigenvalue weighted by atomic mass is 16.6. The number of benzene rings is 1. The predicted molar refractivity (Wildman–Crippen MR) is 170 cm³/mol. The van der Waals surface area contributed by atoms with Gasteiger partial charge in [-0.3, -0.25) is 14.5 Å². The number of nitrogens with zero attached hydrogens (tertiary/aromatic N) is 1. The van der Waals surface area contributed by atoms with Crippen LogP contribution in [0.2, 0.25) is 0 Å². The number of carbonyl (C=O) groups is 3. The molecule has 13 nitrogen and oxygen atoms in total. The Morgan fingerprint density at radius 3 is 2.20 bits per heavy atom. The van der Waals surface area contributed by atoms with E-state index < -0.39 is 100 Å². The number of rotatable bonds is 10. The molecule has 0 radical (unpaired) electrons. The minimum absolute atomic E-state index is 0.0534. The first-order valence-electron chi connectivity index (χ1n) is 17.2. The standard InChI is InChI=1S/C36H49NO12/c1-8-37-16-33(17-43-4)22(47-18(2)38)14-23(44-5)35-21-15-34(42)30(48-32(41)20-12-10-9-11-13-20)24(21)36(49-19(3)39,29(40)31(34)46-7)25(28(35)37)26(45-6)27(33)35/h9-13,21-31,40,42H,8,14-17H2,1-7H3/t21-,22-,23+,24-,25-,26+,27-,28-,29+,30+,31+,33+,34-,35-,36+/m1/s1. The van der Waals surface area contributed by atoms with Crippen molar-refractivity contribution in [2.75, 3.05) is 48.1 Å². The molecule has 13 heteroatoms. The minimum Gasteiger partial charge on any atom is -0.462 e. The Kier molecular flexibility index (Phi) is 8.49. The first-order valence-corrected chi connectivity index (χ1v) is 17.2. The van der Waals surface area contributed by atoms with Gasteiger partial charge in [0.05, 0.1) is 24.4 Å². The van der Waals surface area contributed by atoms with Gasteiger partial charge in [0, 0.05) is 89.9 Å². The van der Waals surface area contributed by atoms with Gasteiger partial charge < -0.3 is 43.4 Å². The number of aliphatic hydroxyl groups is 2. The number of hydrogen-bond acceptors (Lipinski definition) is 13. The second-order valence-electron chi connectivity index (χ2n) is 15.0. The average molecular weight is 688 g/mol. The van der Waals surface area contributed by atoms with Crippen LogP contribution in [-0.2, 0) is 42.7 Å². The monoisotopic (exact) mass is 687 g/mol. The third kappa shape index (κ3) is 4.21. The first-order chi connectivity index (χ1) is 23.4. The van der Waals surface area contributed by atoms with Gasteiger partial charge in [0.2, 0.25) is 0 Å². The van der Waals surface area contributed by atoms with E-state index in [2.05, 4.69) is 4.90 Å². The molecule has 0 unspecified atom stereocenters. The summed E-state index contributed by atoms with van der Waals surface area (Å²) in [7, 11) is 6.25. The van der Waals surface area contributed by atoms with Crippen molar-refractivity contribution in [1.82, 2.24) is 4.90 Å². The van der Waals surface area contributed by atoms with Crippen molar-refractivity contribution < 1.29 is 57.8 Å². The Labute approximate surface area is 286 Å². The number of aliphatic hydroxyl groups excluding tert-OH is 1. The van der Waals surface area contributed by atoms with Crippen LogP contribution in [-0.4, -0.2) is 135 Å². The Morgan fingerprint density at radius 1 is 0.918 bits per heavy atom. The molecule has 1 saturated heterocycles. The molecule has 0 aromatic heterocycles. The molecule has 1 heterocycles. The van der Waals surface area contributed by atoms with Gasteiger partial charge in [-0.05, 0) is 31.0 Å². The normalized spacial score (nSPS) is 47.4. The fourth-order valence-corrected chi connectivity index (χ4v) is 12.7. The number of piperidine rings is 1. The zero-order valence-corrected chi connectivity index (χ0v) is 29.2. The zero-order chi connectivity index (χ0) is 35.3. The van der Waals surface area contributed by atoms with E-state index >= 15 is 0 Å². The Bertz CT molecular complexity index is 1480. The fraction of sp³-hybridized carbons (Fsp3) is 0.750. The molecule has 5 aliphatic carbocycles. The van der Waals surface area contributed by atoms with E-state index in [-0.39, 0.29) is 24.6 Å². The number of likely N-dealkylation sites (tertiary alicyclic amines) is 1. The van der Waals surface area contributed by atoms with Crippen molar-refractivity contribution in [3.8, 4) is 0 Å². The summed E-state index contributed by atoms with van der Waals surface area (Å²) >= 11 is 0. The molecule has 1 aromatic rings. The van der Waals surface area contributed by atoms with E-state index in [1.165, 1.54) is 21.0 Å². The van der Waals surface area contributed by atoms with Gasteiger partial charge in [0.1, 0.15) is 30.0 Å². The van der Waals surface area contributed by atoms with Gasteiger partial charge in [-0.15, -0.1) is 0 Å². The summed E-state index contributed by atoms with van der Waals surface area (Å²) in [6, 6.07) is 8.12. The van der Waals surface area contributed by atoms with Crippen molar-refractivity contribution in [3.63, 3.8) is 0 Å².